The minimum Gasteiger partial charge on any atom is -0.381 e. The van der Waals surface area contributed by atoms with E-state index >= 15 is 0 Å². The number of amides is 1. The van der Waals surface area contributed by atoms with Crippen molar-refractivity contribution in [2.45, 2.75) is 18.4 Å². The molecule has 2 N–H and O–H groups in total. The fourth-order valence-corrected chi connectivity index (χ4v) is 3.71. The second kappa shape index (κ2) is 8.26. The van der Waals surface area contributed by atoms with Crippen LogP contribution in [-0.4, -0.2) is 60.9 Å². The van der Waals surface area contributed by atoms with E-state index in [0.29, 0.717) is 39.1 Å². The van der Waals surface area contributed by atoms with E-state index in [-0.39, 0.29) is 0 Å². The normalized spacial score (nSPS) is 20.1. The number of primary amides is 1. The summed E-state index contributed by atoms with van der Waals surface area (Å²) < 4.78 is 5.36. The molecule has 0 saturated carbocycles. The average molecular weight is 382 g/mol. The third-order valence-corrected chi connectivity index (χ3v) is 5.47. The lowest BCUT2D eigenvalue weighted by molar-refractivity contribution is -0.258. The van der Waals surface area contributed by atoms with Gasteiger partial charge >= 0.3 is 0 Å². The topological polar surface area (TPSA) is 80.9 Å². The van der Waals surface area contributed by atoms with Gasteiger partial charge in [-0.3, -0.25) is 9.63 Å². The molecule has 28 heavy (non-hydrogen) atoms. The zero-order chi connectivity index (χ0) is 19.4. The highest BCUT2D eigenvalue weighted by Crippen LogP contribution is 2.27. The maximum absolute atomic E-state index is 12.0. The van der Waals surface area contributed by atoms with Crippen LogP contribution in [-0.2, 0) is 14.4 Å². The maximum Gasteiger partial charge on any atom is 0.252 e. The first kappa shape index (κ1) is 18.9. The summed E-state index contributed by atoms with van der Waals surface area (Å²) in [5.41, 5.74) is 6.96. The average Bonchev–Trinajstić information content (AvgIpc) is 2.76. The van der Waals surface area contributed by atoms with Crippen molar-refractivity contribution >= 4 is 11.7 Å². The van der Waals surface area contributed by atoms with Gasteiger partial charge in [0, 0.05) is 64.0 Å². The number of pyridine rings is 1. The van der Waals surface area contributed by atoms with Gasteiger partial charge in [-0.1, -0.05) is 30.3 Å². The van der Waals surface area contributed by atoms with Gasteiger partial charge in [-0.15, -0.1) is 0 Å². The van der Waals surface area contributed by atoms with E-state index in [0.717, 1.165) is 30.0 Å². The van der Waals surface area contributed by atoms with Gasteiger partial charge in [0.05, 0.1) is 0 Å². The number of hydrogen-bond donors (Lipinski definition) is 1. The molecule has 7 nitrogen and oxygen atoms in total. The van der Waals surface area contributed by atoms with Crippen molar-refractivity contribution in [2.24, 2.45) is 5.73 Å². The van der Waals surface area contributed by atoms with Crippen molar-refractivity contribution in [3.8, 4) is 11.1 Å². The Hall–Kier alpha value is -2.48. The lowest BCUT2D eigenvalue weighted by Gasteiger charge is -2.41. The molecule has 0 spiro atoms. The predicted octanol–water partition coefficient (Wildman–Crippen LogP) is 1.84. The van der Waals surface area contributed by atoms with Crippen LogP contribution < -0.4 is 10.6 Å². The van der Waals surface area contributed by atoms with Gasteiger partial charge in [0.1, 0.15) is 5.82 Å². The number of nitrogens with two attached hydrogens (primary N) is 1. The summed E-state index contributed by atoms with van der Waals surface area (Å²) in [6, 6.07) is 14.4. The third-order valence-electron chi connectivity index (χ3n) is 5.47. The number of piperazine rings is 1. The Bertz CT molecular complexity index is 783. The number of ether oxygens (including phenoxy) is 1. The number of carbonyl (C=O) groups excluding carboxylic acids is 1. The second-order valence-electron chi connectivity index (χ2n) is 7.25. The summed E-state index contributed by atoms with van der Waals surface area (Å²) >= 11 is 0. The van der Waals surface area contributed by atoms with Crippen LogP contribution in [0.25, 0.3) is 11.1 Å². The summed E-state index contributed by atoms with van der Waals surface area (Å²) in [5, 5.41) is 1.87. The van der Waals surface area contributed by atoms with Crippen molar-refractivity contribution in [2.75, 3.05) is 44.3 Å². The molecule has 148 valence electrons. The third kappa shape index (κ3) is 4.01. The van der Waals surface area contributed by atoms with Gasteiger partial charge in [-0.25, -0.2) is 4.98 Å². The molecule has 1 amide bonds. The highest BCUT2D eigenvalue weighted by Gasteiger charge is 2.42. The molecule has 2 saturated heterocycles. The van der Waals surface area contributed by atoms with E-state index in [1.807, 2.05) is 29.5 Å². The first-order valence-corrected chi connectivity index (χ1v) is 9.74. The number of aromatic nitrogens is 1. The smallest absolute Gasteiger partial charge is 0.252 e. The Morgan fingerprint density at radius 3 is 2.32 bits per heavy atom. The number of anilines is 1. The number of nitrogens with zero attached hydrogens (tertiary/aromatic N) is 3. The summed E-state index contributed by atoms with van der Waals surface area (Å²) in [6.07, 6.45) is 2.92. The zero-order valence-corrected chi connectivity index (χ0v) is 15.9. The van der Waals surface area contributed by atoms with E-state index in [1.54, 1.807) is 0 Å². The van der Waals surface area contributed by atoms with Gasteiger partial charge in [-0.2, -0.15) is 5.06 Å². The molecule has 3 heterocycles. The van der Waals surface area contributed by atoms with Crippen LogP contribution >= 0.6 is 0 Å². The first-order chi connectivity index (χ1) is 13.7. The Morgan fingerprint density at radius 2 is 1.71 bits per heavy atom. The van der Waals surface area contributed by atoms with Crippen molar-refractivity contribution < 1.29 is 14.4 Å². The summed E-state index contributed by atoms with van der Waals surface area (Å²) in [7, 11) is 0. The van der Waals surface area contributed by atoms with Crippen LogP contribution in [0.1, 0.15) is 12.8 Å². The Labute approximate surface area is 165 Å². The molecule has 0 radical (unpaired) electrons. The van der Waals surface area contributed by atoms with Crippen molar-refractivity contribution in [1.29, 1.82) is 0 Å². The molecule has 2 aromatic rings. The van der Waals surface area contributed by atoms with Gasteiger partial charge in [0.25, 0.3) is 5.91 Å². The van der Waals surface area contributed by atoms with Crippen LogP contribution in [0, 0.1) is 0 Å². The second-order valence-corrected chi connectivity index (χ2v) is 7.25. The van der Waals surface area contributed by atoms with Crippen LogP contribution in [0.15, 0.2) is 48.7 Å². The minimum absolute atomic E-state index is 0.406. The molecule has 2 fully saturated rings. The number of hydrogen-bond acceptors (Lipinski definition) is 6. The van der Waals surface area contributed by atoms with Gasteiger partial charge < -0.3 is 15.4 Å². The standard InChI is InChI=1S/C21H26N4O3/c22-20(26)21(8-14-27-15-9-21)28-25-12-10-24(11-13-25)19-7-6-18(16-23-19)17-4-2-1-3-5-17/h1-7,16H,8-15H2,(H2,22,26). The Morgan fingerprint density at radius 1 is 1.00 bits per heavy atom. The summed E-state index contributed by atoms with van der Waals surface area (Å²) in [5.74, 6) is 0.548. The van der Waals surface area contributed by atoms with Crippen LogP contribution in [0.2, 0.25) is 0 Å². The molecule has 0 aliphatic carbocycles. The van der Waals surface area contributed by atoms with Gasteiger partial charge in [0.15, 0.2) is 5.60 Å². The van der Waals surface area contributed by atoms with E-state index < -0.39 is 11.5 Å². The van der Waals surface area contributed by atoms with Gasteiger partial charge in [0.2, 0.25) is 0 Å². The lowest BCUT2D eigenvalue weighted by atomic mass is 9.94. The quantitative estimate of drug-likeness (QED) is 0.850. The molecule has 0 bridgehead atoms. The van der Waals surface area contributed by atoms with Crippen molar-refractivity contribution in [3.63, 3.8) is 0 Å². The molecule has 1 aromatic carbocycles. The summed E-state index contributed by atoms with van der Waals surface area (Å²) in [4.78, 5) is 24.9. The fourth-order valence-electron chi connectivity index (χ4n) is 3.71. The lowest BCUT2D eigenvalue weighted by Crippen LogP contribution is -2.57. The van der Waals surface area contributed by atoms with E-state index in [9.17, 15) is 4.79 Å². The van der Waals surface area contributed by atoms with E-state index in [1.165, 1.54) is 0 Å². The molecule has 0 unspecified atom stereocenters. The molecule has 2 aliphatic rings. The SMILES string of the molecule is NC(=O)C1(ON2CCN(c3ccc(-c4ccccc4)cn3)CC2)CCOCC1. The number of carbonyl (C=O) groups is 1. The number of hydroxylamine groups is 2. The number of rotatable bonds is 5. The van der Waals surface area contributed by atoms with Crippen LogP contribution in [0.5, 0.6) is 0 Å². The highest BCUT2D eigenvalue weighted by atomic mass is 16.7. The summed E-state index contributed by atoms with van der Waals surface area (Å²) in [6.45, 7) is 3.95. The first-order valence-electron chi connectivity index (χ1n) is 9.74. The van der Waals surface area contributed by atoms with E-state index in [2.05, 4.69) is 34.1 Å². The van der Waals surface area contributed by atoms with Crippen molar-refractivity contribution in [1.82, 2.24) is 10.0 Å². The Balaban J connectivity index is 1.35. The molecule has 0 atom stereocenters. The zero-order valence-electron chi connectivity index (χ0n) is 15.9. The molecule has 7 heteroatoms. The molecular formula is C21H26N4O3. The molecular weight excluding hydrogens is 356 g/mol. The molecule has 2 aliphatic heterocycles. The number of benzene rings is 1. The Kier molecular flexibility index (Phi) is 5.57. The van der Waals surface area contributed by atoms with Crippen LogP contribution in [0.3, 0.4) is 0 Å². The van der Waals surface area contributed by atoms with Gasteiger partial charge in [-0.05, 0) is 17.7 Å². The van der Waals surface area contributed by atoms with Crippen LogP contribution in [0.4, 0.5) is 5.82 Å². The fraction of sp³-hybridized carbons (Fsp3) is 0.429. The minimum atomic E-state index is -0.935. The predicted molar refractivity (Wildman–Crippen MR) is 107 cm³/mol. The molecule has 1 aromatic heterocycles. The highest BCUT2D eigenvalue weighted by molar-refractivity contribution is 5.83. The monoisotopic (exact) mass is 382 g/mol. The van der Waals surface area contributed by atoms with E-state index in [4.69, 9.17) is 15.3 Å². The maximum atomic E-state index is 12.0. The van der Waals surface area contributed by atoms with Crippen molar-refractivity contribution in [3.05, 3.63) is 48.7 Å². The largest absolute Gasteiger partial charge is 0.381 e. The molecule has 4 rings (SSSR count).